The predicted octanol–water partition coefficient (Wildman–Crippen LogP) is 0.642. The molecule has 0 fully saturated rings. The van der Waals surface area contributed by atoms with Gasteiger partial charge in [-0.05, 0) is 13.0 Å². The van der Waals surface area contributed by atoms with Gasteiger partial charge in [0, 0.05) is 6.20 Å². The summed E-state index contributed by atoms with van der Waals surface area (Å²) in [7, 11) is 2.89. The standard InChI is InChI=1S/C8H11NO3/c1-6-7(8(10)11-2)4-5-9(6)12-3/h4-5H,1-3H3. The Bertz CT molecular complexity index is 290. The predicted molar refractivity (Wildman–Crippen MR) is 43.0 cm³/mol. The van der Waals surface area contributed by atoms with E-state index < -0.39 is 0 Å². The molecule has 0 aliphatic carbocycles. The van der Waals surface area contributed by atoms with Gasteiger partial charge in [0.05, 0.1) is 18.4 Å². The molecule has 0 saturated heterocycles. The molecule has 1 rings (SSSR count). The van der Waals surface area contributed by atoms with E-state index >= 15 is 0 Å². The van der Waals surface area contributed by atoms with Gasteiger partial charge in [-0.25, -0.2) is 4.79 Å². The van der Waals surface area contributed by atoms with Crippen LogP contribution in [0.1, 0.15) is 16.1 Å². The normalized spacial score (nSPS) is 9.58. The zero-order chi connectivity index (χ0) is 9.14. The molecule has 0 aliphatic heterocycles. The van der Waals surface area contributed by atoms with Gasteiger partial charge in [0.1, 0.15) is 7.11 Å². The lowest BCUT2D eigenvalue weighted by atomic mass is 10.3. The van der Waals surface area contributed by atoms with Crippen LogP contribution in [0.3, 0.4) is 0 Å². The van der Waals surface area contributed by atoms with Gasteiger partial charge >= 0.3 is 5.97 Å². The highest BCUT2D eigenvalue weighted by atomic mass is 16.6. The molecule has 4 heteroatoms. The maximum atomic E-state index is 11.1. The number of nitrogens with zero attached hydrogens (tertiary/aromatic N) is 1. The Labute approximate surface area is 70.7 Å². The highest BCUT2D eigenvalue weighted by molar-refractivity contribution is 5.90. The van der Waals surface area contributed by atoms with Crippen molar-refractivity contribution in [3.05, 3.63) is 23.5 Å². The van der Waals surface area contributed by atoms with Gasteiger partial charge in [-0.3, -0.25) is 0 Å². The second-order valence-corrected chi connectivity index (χ2v) is 2.31. The van der Waals surface area contributed by atoms with Crippen molar-refractivity contribution in [2.24, 2.45) is 0 Å². The molecule has 12 heavy (non-hydrogen) atoms. The number of hydrogen-bond donors (Lipinski definition) is 0. The maximum Gasteiger partial charge on any atom is 0.339 e. The van der Waals surface area contributed by atoms with E-state index in [4.69, 9.17) is 4.84 Å². The number of aromatic nitrogens is 1. The van der Waals surface area contributed by atoms with Crippen LogP contribution >= 0.6 is 0 Å². The summed E-state index contributed by atoms with van der Waals surface area (Å²) in [6, 6.07) is 1.66. The first-order valence-electron chi connectivity index (χ1n) is 3.51. The third-order valence-electron chi connectivity index (χ3n) is 1.70. The molecule has 0 bridgehead atoms. The number of carbonyl (C=O) groups excluding carboxylic acids is 1. The number of methoxy groups -OCH3 is 1. The Morgan fingerprint density at radius 2 is 2.17 bits per heavy atom. The lowest BCUT2D eigenvalue weighted by molar-refractivity contribution is 0.0597. The van der Waals surface area contributed by atoms with Gasteiger partial charge in [0.25, 0.3) is 0 Å². The molecular weight excluding hydrogens is 158 g/mol. The third-order valence-corrected chi connectivity index (χ3v) is 1.70. The fourth-order valence-electron chi connectivity index (χ4n) is 1.02. The summed E-state index contributed by atoms with van der Waals surface area (Å²) in [6.07, 6.45) is 1.67. The number of ether oxygens (including phenoxy) is 1. The first-order valence-corrected chi connectivity index (χ1v) is 3.51. The fraction of sp³-hybridized carbons (Fsp3) is 0.375. The Hall–Kier alpha value is -1.45. The van der Waals surface area contributed by atoms with E-state index in [1.54, 1.807) is 19.2 Å². The summed E-state index contributed by atoms with van der Waals surface area (Å²) in [5.41, 5.74) is 1.27. The van der Waals surface area contributed by atoms with E-state index in [1.165, 1.54) is 19.0 Å². The van der Waals surface area contributed by atoms with Crippen molar-refractivity contribution >= 4 is 5.97 Å². The fourth-order valence-corrected chi connectivity index (χ4v) is 1.02. The zero-order valence-electron chi connectivity index (χ0n) is 7.33. The van der Waals surface area contributed by atoms with E-state index in [9.17, 15) is 4.79 Å². The molecule has 1 heterocycles. The van der Waals surface area contributed by atoms with Crippen LogP contribution in [0.25, 0.3) is 0 Å². The van der Waals surface area contributed by atoms with E-state index in [-0.39, 0.29) is 5.97 Å². The molecule has 66 valence electrons. The second-order valence-electron chi connectivity index (χ2n) is 2.31. The van der Waals surface area contributed by atoms with Gasteiger partial charge in [0.15, 0.2) is 0 Å². The highest BCUT2D eigenvalue weighted by Crippen LogP contribution is 2.09. The maximum absolute atomic E-state index is 11.1. The number of hydrogen-bond acceptors (Lipinski definition) is 3. The lowest BCUT2D eigenvalue weighted by Crippen LogP contribution is -2.09. The van der Waals surface area contributed by atoms with E-state index in [0.717, 1.165) is 5.69 Å². The molecule has 0 amide bonds. The average molecular weight is 169 g/mol. The first kappa shape index (κ1) is 8.64. The molecule has 0 aromatic carbocycles. The van der Waals surface area contributed by atoms with Gasteiger partial charge in [-0.1, -0.05) is 0 Å². The molecule has 0 aliphatic rings. The summed E-state index contributed by atoms with van der Waals surface area (Å²) < 4.78 is 6.07. The molecular formula is C8H11NO3. The summed E-state index contributed by atoms with van der Waals surface area (Å²) in [5.74, 6) is -0.344. The van der Waals surface area contributed by atoms with Gasteiger partial charge < -0.3 is 9.57 Å². The SMILES string of the molecule is COC(=O)c1ccn(OC)c1C. The van der Waals surface area contributed by atoms with Crippen LogP contribution in [0, 0.1) is 6.92 Å². The topological polar surface area (TPSA) is 40.5 Å². The van der Waals surface area contributed by atoms with Crippen molar-refractivity contribution in [2.75, 3.05) is 14.2 Å². The number of rotatable bonds is 2. The quantitative estimate of drug-likeness (QED) is 0.610. The van der Waals surface area contributed by atoms with Crippen molar-refractivity contribution in [3.63, 3.8) is 0 Å². The Morgan fingerprint density at radius 3 is 2.58 bits per heavy atom. The third kappa shape index (κ3) is 1.28. The van der Waals surface area contributed by atoms with Crippen molar-refractivity contribution in [2.45, 2.75) is 6.92 Å². The molecule has 1 aromatic rings. The largest absolute Gasteiger partial charge is 0.465 e. The van der Waals surface area contributed by atoms with Crippen molar-refractivity contribution in [3.8, 4) is 0 Å². The minimum Gasteiger partial charge on any atom is -0.465 e. The second kappa shape index (κ2) is 3.30. The van der Waals surface area contributed by atoms with Gasteiger partial charge in [0.2, 0.25) is 0 Å². The van der Waals surface area contributed by atoms with Crippen LogP contribution in [0.2, 0.25) is 0 Å². The summed E-state index contributed by atoms with van der Waals surface area (Å²) >= 11 is 0. The molecule has 4 nitrogen and oxygen atoms in total. The molecule has 1 aromatic heterocycles. The molecule has 0 unspecified atom stereocenters. The average Bonchev–Trinajstić information content (AvgIpc) is 2.45. The van der Waals surface area contributed by atoms with Crippen LogP contribution in [0.5, 0.6) is 0 Å². The van der Waals surface area contributed by atoms with Gasteiger partial charge in [-0.15, -0.1) is 0 Å². The van der Waals surface area contributed by atoms with Crippen molar-refractivity contribution in [1.29, 1.82) is 0 Å². The Balaban J connectivity index is 3.02. The van der Waals surface area contributed by atoms with Crippen molar-refractivity contribution in [1.82, 2.24) is 4.73 Å². The van der Waals surface area contributed by atoms with E-state index in [0.29, 0.717) is 5.56 Å². The molecule has 0 saturated carbocycles. The number of esters is 1. The molecule has 0 radical (unpaired) electrons. The van der Waals surface area contributed by atoms with Crippen molar-refractivity contribution < 1.29 is 14.4 Å². The van der Waals surface area contributed by atoms with Gasteiger partial charge in [-0.2, -0.15) is 4.73 Å². The van der Waals surface area contributed by atoms with Crippen LogP contribution < -0.4 is 4.84 Å². The summed E-state index contributed by atoms with van der Waals surface area (Å²) in [5, 5.41) is 0. The highest BCUT2D eigenvalue weighted by Gasteiger charge is 2.12. The lowest BCUT2D eigenvalue weighted by Gasteiger charge is -2.03. The Kier molecular flexibility index (Phi) is 2.38. The van der Waals surface area contributed by atoms with Crippen LogP contribution in [-0.4, -0.2) is 24.9 Å². The smallest absolute Gasteiger partial charge is 0.339 e. The van der Waals surface area contributed by atoms with E-state index in [2.05, 4.69) is 4.74 Å². The van der Waals surface area contributed by atoms with Crippen LogP contribution in [0.4, 0.5) is 0 Å². The first-order chi connectivity index (χ1) is 5.70. The molecule has 0 N–H and O–H groups in total. The summed E-state index contributed by atoms with van der Waals surface area (Å²) in [6.45, 7) is 1.79. The molecule has 0 spiro atoms. The minimum atomic E-state index is -0.344. The van der Waals surface area contributed by atoms with E-state index in [1.807, 2.05) is 0 Å². The number of carbonyl (C=O) groups is 1. The van der Waals surface area contributed by atoms with Crippen LogP contribution in [-0.2, 0) is 4.74 Å². The Morgan fingerprint density at radius 1 is 1.50 bits per heavy atom. The summed E-state index contributed by atoms with van der Waals surface area (Å²) in [4.78, 5) is 16.0. The monoisotopic (exact) mass is 169 g/mol. The van der Waals surface area contributed by atoms with Crippen LogP contribution in [0.15, 0.2) is 12.3 Å². The zero-order valence-corrected chi connectivity index (χ0v) is 7.33. The minimum absolute atomic E-state index is 0.344. The molecule has 0 atom stereocenters.